The van der Waals surface area contributed by atoms with Gasteiger partial charge in [-0.25, -0.2) is 4.79 Å². The Hall–Kier alpha value is -2.00. The van der Waals surface area contributed by atoms with Gasteiger partial charge in [0.25, 0.3) is 0 Å². The lowest BCUT2D eigenvalue weighted by atomic mass is 10.0. The molecule has 0 bridgehead atoms. The van der Waals surface area contributed by atoms with Gasteiger partial charge in [0.15, 0.2) is 5.79 Å². The number of carbonyl (C=O) groups is 2. The maximum absolute atomic E-state index is 12.8. The molecule has 8 heteroatoms. The number of nitrogens with zero attached hydrogens (tertiary/aromatic N) is 2. The second-order valence-corrected chi connectivity index (χ2v) is 6.77. The summed E-state index contributed by atoms with van der Waals surface area (Å²) in [5.41, 5.74) is 0.897. The average molecular weight is 364 g/mol. The standard InChI is InChI=1S/C18H24N2O6/c1-18(2)24-12-15(26-18)14-10-16(22)19(8-9-21)17(23)20(14)25-11-13-6-4-3-5-7-13/h3-7,14-15,21H,8-12H2,1-2H3/t14-,15-/m1/s1. The maximum atomic E-state index is 12.8. The van der Waals surface area contributed by atoms with Crippen LogP contribution < -0.4 is 0 Å². The van der Waals surface area contributed by atoms with E-state index in [1.54, 1.807) is 13.8 Å². The summed E-state index contributed by atoms with van der Waals surface area (Å²) in [6, 6.07) is 8.25. The van der Waals surface area contributed by atoms with Gasteiger partial charge in [-0.3, -0.25) is 14.5 Å². The molecule has 142 valence electrons. The maximum Gasteiger partial charge on any atom is 0.351 e. The van der Waals surface area contributed by atoms with Crippen LogP contribution in [0.15, 0.2) is 30.3 Å². The molecule has 26 heavy (non-hydrogen) atoms. The molecule has 1 N–H and O–H groups in total. The highest BCUT2D eigenvalue weighted by Crippen LogP contribution is 2.31. The zero-order valence-corrected chi connectivity index (χ0v) is 15.0. The number of hydrogen-bond acceptors (Lipinski definition) is 6. The Labute approximate surface area is 152 Å². The minimum absolute atomic E-state index is 0.0463. The number of hydroxylamine groups is 2. The first-order valence-electron chi connectivity index (χ1n) is 8.64. The molecule has 0 aromatic heterocycles. The minimum Gasteiger partial charge on any atom is -0.395 e. The molecule has 2 aliphatic rings. The monoisotopic (exact) mass is 364 g/mol. The van der Waals surface area contributed by atoms with Gasteiger partial charge in [-0.05, 0) is 19.4 Å². The molecule has 1 aromatic rings. The van der Waals surface area contributed by atoms with Crippen molar-refractivity contribution in [2.24, 2.45) is 0 Å². The Morgan fingerprint density at radius 2 is 2.00 bits per heavy atom. The van der Waals surface area contributed by atoms with Crippen molar-refractivity contribution in [1.82, 2.24) is 9.96 Å². The summed E-state index contributed by atoms with van der Waals surface area (Å²) in [5, 5.41) is 10.3. The Bertz CT molecular complexity index is 650. The number of hydrogen-bond donors (Lipinski definition) is 1. The molecular weight excluding hydrogens is 340 g/mol. The summed E-state index contributed by atoms with van der Waals surface area (Å²) in [4.78, 5) is 31.9. The SMILES string of the molecule is CC1(C)OC[C@H]([C@H]2CC(=O)N(CCO)C(=O)N2OCc2ccccc2)O1. The number of imide groups is 1. The highest BCUT2D eigenvalue weighted by atomic mass is 16.8. The van der Waals surface area contributed by atoms with Gasteiger partial charge < -0.3 is 14.6 Å². The zero-order chi connectivity index (χ0) is 18.7. The van der Waals surface area contributed by atoms with Crippen LogP contribution in [0.25, 0.3) is 0 Å². The highest BCUT2D eigenvalue weighted by Gasteiger charge is 2.48. The van der Waals surface area contributed by atoms with E-state index in [9.17, 15) is 9.59 Å². The molecule has 0 unspecified atom stereocenters. The minimum atomic E-state index is -0.774. The highest BCUT2D eigenvalue weighted by molar-refractivity contribution is 5.97. The molecule has 0 saturated carbocycles. The topological polar surface area (TPSA) is 88.5 Å². The van der Waals surface area contributed by atoms with E-state index < -0.39 is 24.0 Å². The van der Waals surface area contributed by atoms with E-state index in [1.807, 2.05) is 30.3 Å². The molecule has 8 nitrogen and oxygen atoms in total. The summed E-state index contributed by atoms with van der Waals surface area (Å²) in [6.45, 7) is 3.65. The lowest BCUT2D eigenvalue weighted by molar-refractivity contribution is -0.209. The van der Waals surface area contributed by atoms with Crippen molar-refractivity contribution in [2.45, 2.75) is 44.8 Å². The van der Waals surface area contributed by atoms with Gasteiger partial charge in [0.2, 0.25) is 5.91 Å². The van der Waals surface area contributed by atoms with Gasteiger partial charge >= 0.3 is 6.03 Å². The summed E-state index contributed by atoms with van der Waals surface area (Å²) in [6.07, 6.45) is -0.421. The zero-order valence-electron chi connectivity index (χ0n) is 15.0. The van der Waals surface area contributed by atoms with Gasteiger partial charge in [-0.2, -0.15) is 5.06 Å². The first-order chi connectivity index (χ1) is 12.4. The largest absolute Gasteiger partial charge is 0.395 e. The fraction of sp³-hybridized carbons (Fsp3) is 0.556. The predicted molar refractivity (Wildman–Crippen MR) is 90.6 cm³/mol. The molecule has 2 fully saturated rings. The fourth-order valence-electron chi connectivity index (χ4n) is 3.12. The molecule has 3 amide bonds. The predicted octanol–water partition coefficient (Wildman–Crippen LogP) is 1.28. The Morgan fingerprint density at radius 1 is 1.27 bits per heavy atom. The van der Waals surface area contributed by atoms with Gasteiger partial charge in [-0.1, -0.05) is 30.3 Å². The summed E-state index contributed by atoms with van der Waals surface area (Å²) in [7, 11) is 0. The van der Waals surface area contributed by atoms with Gasteiger partial charge in [0, 0.05) is 0 Å². The van der Waals surface area contributed by atoms with E-state index in [0.29, 0.717) is 0 Å². The Morgan fingerprint density at radius 3 is 2.62 bits per heavy atom. The average Bonchev–Trinajstić information content (AvgIpc) is 2.98. The van der Waals surface area contributed by atoms with Crippen LogP contribution in [0.5, 0.6) is 0 Å². The second kappa shape index (κ2) is 7.71. The number of carbonyl (C=O) groups excluding carboxylic acids is 2. The van der Waals surface area contributed by atoms with E-state index in [2.05, 4.69) is 0 Å². The third-order valence-corrected chi connectivity index (χ3v) is 4.40. The molecule has 3 rings (SSSR count). The number of β-amino-alcohol motifs (C(OH)–C–C–N with tert-alkyl or cyclic N) is 1. The van der Waals surface area contributed by atoms with Crippen LogP contribution in [-0.4, -0.2) is 64.7 Å². The fourth-order valence-corrected chi connectivity index (χ4v) is 3.12. The van der Waals surface area contributed by atoms with Crippen molar-refractivity contribution in [1.29, 1.82) is 0 Å². The van der Waals surface area contributed by atoms with Crippen LogP contribution in [0, 0.1) is 0 Å². The van der Waals surface area contributed by atoms with E-state index >= 15 is 0 Å². The molecule has 0 radical (unpaired) electrons. The summed E-state index contributed by atoms with van der Waals surface area (Å²) < 4.78 is 11.4. The van der Waals surface area contributed by atoms with E-state index in [-0.39, 0.29) is 38.7 Å². The van der Waals surface area contributed by atoms with E-state index in [0.717, 1.165) is 10.5 Å². The molecule has 2 atom stereocenters. The van der Waals surface area contributed by atoms with Crippen molar-refractivity contribution in [3.63, 3.8) is 0 Å². The molecule has 0 spiro atoms. The Balaban J connectivity index is 1.78. The first-order valence-corrected chi connectivity index (χ1v) is 8.64. The molecule has 2 saturated heterocycles. The Kier molecular flexibility index (Phi) is 5.57. The van der Waals surface area contributed by atoms with Crippen LogP contribution >= 0.6 is 0 Å². The van der Waals surface area contributed by atoms with Crippen molar-refractivity contribution >= 4 is 11.9 Å². The summed E-state index contributed by atoms with van der Waals surface area (Å²) >= 11 is 0. The molecular formula is C18H24N2O6. The number of aliphatic hydroxyl groups excluding tert-OH is 1. The number of amides is 3. The first kappa shape index (κ1) is 18.8. The lowest BCUT2D eigenvalue weighted by Crippen LogP contribution is -2.60. The van der Waals surface area contributed by atoms with Gasteiger partial charge in [0.05, 0.1) is 32.2 Å². The van der Waals surface area contributed by atoms with Crippen LogP contribution in [0.4, 0.5) is 4.79 Å². The van der Waals surface area contributed by atoms with Gasteiger partial charge in [-0.15, -0.1) is 0 Å². The third kappa shape index (κ3) is 4.04. The van der Waals surface area contributed by atoms with Gasteiger partial charge in [0.1, 0.15) is 12.7 Å². The number of benzene rings is 1. The smallest absolute Gasteiger partial charge is 0.351 e. The van der Waals surface area contributed by atoms with Crippen LogP contribution in [-0.2, 0) is 25.7 Å². The normalized spacial score (nSPS) is 25.8. The van der Waals surface area contributed by atoms with Crippen LogP contribution in [0.1, 0.15) is 25.8 Å². The number of urea groups is 1. The van der Waals surface area contributed by atoms with Crippen molar-refractivity contribution in [2.75, 3.05) is 19.8 Å². The van der Waals surface area contributed by atoms with Crippen LogP contribution in [0.3, 0.4) is 0 Å². The number of aliphatic hydroxyl groups is 1. The molecule has 1 aromatic carbocycles. The van der Waals surface area contributed by atoms with E-state index in [4.69, 9.17) is 19.4 Å². The van der Waals surface area contributed by atoms with Crippen molar-refractivity contribution in [3.8, 4) is 0 Å². The molecule has 2 heterocycles. The van der Waals surface area contributed by atoms with Crippen LogP contribution in [0.2, 0.25) is 0 Å². The second-order valence-electron chi connectivity index (χ2n) is 6.77. The van der Waals surface area contributed by atoms with Crippen molar-refractivity contribution < 1.29 is 29.0 Å². The molecule has 2 aliphatic heterocycles. The molecule has 0 aliphatic carbocycles. The third-order valence-electron chi connectivity index (χ3n) is 4.40. The summed E-state index contributed by atoms with van der Waals surface area (Å²) in [5.74, 6) is -1.13. The number of ether oxygens (including phenoxy) is 2. The van der Waals surface area contributed by atoms with Crippen molar-refractivity contribution in [3.05, 3.63) is 35.9 Å². The number of rotatable bonds is 6. The van der Waals surface area contributed by atoms with E-state index in [1.165, 1.54) is 5.06 Å². The quantitative estimate of drug-likeness (QED) is 0.818. The lowest BCUT2D eigenvalue weighted by Gasteiger charge is -2.40.